The van der Waals surface area contributed by atoms with Crippen molar-refractivity contribution >= 4 is 68.9 Å². The molecule has 0 aliphatic heterocycles. The summed E-state index contributed by atoms with van der Waals surface area (Å²) in [5.74, 6) is 0. The van der Waals surface area contributed by atoms with Crippen LogP contribution in [-0.2, 0) is 12.8 Å². The zero-order chi connectivity index (χ0) is 25.2. The monoisotopic (exact) mass is 548 g/mol. The van der Waals surface area contributed by atoms with Crippen LogP contribution in [0.2, 0.25) is 20.1 Å². The van der Waals surface area contributed by atoms with E-state index in [0.717, 1.165) is 34.0 Å². The van der Waals surface area contributed by atoms with E-state index in [1.807, 2.05) is 42.5 Å². The number of fused-ring (bicyclic) bond motifs is 1. The minimum absolute atomic E-state index is 0.260. The van der Waals surface area contributed by atoms with Gasteiger partial charge in [-0.2, -0.15) is 0 Å². The Labute approximate surface area is 224 Å². The van der Waals surface area contributed by atoms with Crippen molar-refractivity contribution in [3.05, 3.63) is 104 Å². The second-order valence-corrected chi connectivity index (χ2v) is 9.23. The van der Waals surface area contributed by atoms with E-state index in [4.69, 9.17) is 52.1 Å². The Morgan fingerprint density at radius 1 is 0.857 bits per heavy atom. The SMILES string of the molecule is NCCc1ccc(Cl)cc1Cl.O=C(NCCc1ccc(Cl)cc1Cl)Nc1cccc2cnccc12. The van der Waals surface area contributed by atoms with Gasteiger partial charge >= 0.3 is 6.03 Å². The minimum atomic E-state index is -0.260. The highest BCUT2D eigenvalue weighted by Gasteiger charge is 2.06. The number of urea groups is 1. The number of nitrogens with one attached hydrogen (secondary N) is 2. The highest BCUT2D eigenvalue weighted by atomic mass is 35.5. The second-order valence-electron chi connectivity index (χ2n) is 7.54. The average molecular weight is 550 g/mol. The Bertz CT molecular complexity index is 1290. The van der Waals surface area contributed by atoms with Gasteiger partial charge < -0.3 is 16.4 Å². The van der Waals surface area contributed by atoms with Gasteiger partial charge in [0.25, 0.3) is 0 Å². The van der Waals surface area contributed by atoms with Crippen molar-refractivity contribution in [2.45, 2.75) is 12.8 Å². The van der Waals surface area contributed by atoms with E-state index < -0.39 is 0 Å². The number of carbonyl (C=O) groups is 1. The lowest BCUT2D eigenvalue weighted by Gasteiger charge is -2.10. The summed E-state index contributed by atoms with van der Waals surface area (Å²) in [6, 6.07) is 18.1. The zero-order valence-electron chi connectivity index (χ0n) is 18.7. The molecule has 1 heterocycles. The minimum Gasteiger partial charge on any atom is -0.338 e. The van der Waals surface area contributed by atoms with Crippen LogP contribution in [0, 0.1) is 0 Å². The third kappa shape index (κ3) is 8.27. The fourth-order valence-electron chi connectivity index (χ4n) is 3.31. The van der Waals surface area contributed by atoms with Crippen molar-refractivity contribution in [3.63, 3.8) is 0 Å². The van der Waals surface area contributed by atoms with Gasteiger partial charge in [-0.25, -0.2) is 4.79 Å². The molecule has 182 valence electrons. The lowest BCUT2D eigenvalue weighted by atomic mass is 10.1. The molecule has 3 aromatic carbocycles. The largest absolute Gasteiger partial charge is 0.338 e. The van der Waals surface area contributed by atoms with Gasteiger partial charge in [-0.15, -0.1) is 0 Å². The number of pyridine rings is 1. The molecule has 0 saturated heterocycles. The van der Waals surface area contributed by atoms with E-state index in [9.17, 15) is 4.79 Å². The number of anilines is 1. The molecule has 9 heteroatoms. The smallest absolute Gasteiger partial charge is 0.319 e. The summed E-state index contributed by atoms with van der Waals surface area (Å²) in [4.78, 5) is 16.2. The van der Waals surface area contributed by atoms with Crippen molar-refractivity contribution in [3.8, 4) is 0 Å². The van der Waals surface area contributed by atoms with Crippen LogP contribution in [0.4, 0.5) is 10.5 Å². The molecule has 0 aliphatic rings. The fraction of sp³-hybridized carbons (Fsp3) is 0.154. The summed E-state index contributed by atoms with van der Waals surface area (Å²) in [6.07, 6.45) is 4.90. The lowest BCUT2D eigenvalue weighted by Crippen LogP contribution is -2.30. The average Bonchev–Trinajstić information content (AvgIpc) is 2.83. The van der Waals surface area contributed by atoms with Crippen molar-refractivity contribution in [2.24, 2.45) is 5.73 Å². The van der Waals surface area contributed by atoms with E-state index in [-0.39, 0.29) is 6.03 Å². The molecule has 2 amide bonds. The number of hydrogen-bond acceptors (Lipinski definition) is 3. The fourth-order valence-corrected chi connectivity index (χ4v) is 4.32. The van der Waals surface area contributed by atoms with Crippen LogP contribution in [0.15, 0.2) is 73.1 Å². The molecule has 0 saturated carbocycles. The molecule has 1 aromatic heterocycles. The van der Waals surface area contributed by atoms with E-state index in [0.29, 0.717) is 39.6 Å². The zero-order valence-corrected chi connectivity index (χ0v) is 21.7. The molecular formula is C26H24Cl4N4O. The van der Waals surface area contributed by atoms with Crippen LogP contribution >= 0.6 is 46.4 Å². The van der Waals surface area contributed by atoms with Gasteiger partial charge in [-0.05, 0) is 66.9 Å². The standard InChI is InChI=1S/C18H15Cl2N3O.C8H9Cl2N/c19-14-5-4-12(16(20)10-14)6-9-22-18(24)23-17-3-1-2-13-11-21-8-7-15(13)17;9-7-2-1-6(3-4-11)8(10)5-7/h1-5,7-8,10-11H,6,9H2,(H2,22,23,24);1-2,5H,3-4,11H2. The van der Waals surface area contributed by atoms with Gasteiger partial charge in [0.05, 0.1) is 5.69 Å². The maximum atomic E-state index is 12.1. The Balaban J connectivity index is 0.000000261. The number of benzene rings is 3. The molecule has 0 atom stereocenters. The van der Waals surface area contributed by atoms with Gasteiger partial charge in [-0.1, -0.05) is 70.7 Å². The summed E-state index contributed by atoms with van der Waals surface area (Å²) in [6.45, 7) is 1.08. The summed E-state index contributed by atoms with van der Waals surface area (Å²) < 4.78 is 0. The summed E-state index contributed by atoms with van der Waals surface area (Å²) >= 11 is 23.6. The molecule has 4 rings (SSSR count). The quantitative estimate of drug-likeness (QED) is 0.234. The maximum absolute atomic E-state index is 12.1. The number of carbonyl (C=O) groups excluding carboxylic acids is 1. The van der Waals surface area contributed by atoms with Crippen molar-refractivity contribution in [1.29, 1.82) is 0 Å². The van der Waals surface area contributed by atoms with Crippen LogP contribution in [0.3, 0.4) is 0 Å². The third-order valence-electron chi connectivity index (χ3n) is 5.05. The number of aromatic nitrogens is 1. The maximum Gasteiger partial charge on any atom is 0.319 e. The summed E-state index contributed by atoms with van der Waals surface area (Å²) in [5.41, 5.74) is 8.12. The Hall–Kier alpha value is -2.54. The Morgan fingerprint density at radius 2 is 1.51 bits per heavy atom. The van der Waals surface area contributed by atoms with Gasteiger partial charge in [0.2, 0.25) is 0 Å². The van der Waals surface area contributed by atoms with Gasteiger partial charge in [0, 0.05) is 49.8 Å². The third-order valence-corrected chi connectivity index (χ3v) is 6.23. The lowest BCUT2D eigenvalue weighted by molar-refractivity contribution is 0.252. The first-order valence-corrected chi connectivity index (χ1v) is 12.3. The highest BCUT2D eigenvalue weighted by molar-refractivity contribution is 6.35. The molecular weight excluding hydrogens is 526 g/mol. The van der Waals surface area contributed by atoms with Gasteiger partial charge in [0.15, 0.2) is 0 Å². The Kier molecular flexibility index (Phi) is 10.5. The van der Waals surface area contributed by atoms with Gasteiger partial charge in [0.1, 0.15) is 0 Å². The number of nitrogens with zero attached hydrogens (tertiary/aromatic N) is 1. The normalized spacial score (nSPS) is 10.4. The molecule has 0 bridgehead atoms. The van der Waals surface area contributed by atoms with Gasteiger partial charge in [-0.3, -0.25) is 4.98 Å². The number of amides is 2. The number of nitrogens with two attached hydrogens (primary N) is 1. The summed E-state index contributed by atoms with van der Waals surface area (Å²) in [7, 11) is 0. The molecule has 4 N–H and O–H groups in total. The first-order chi connectivity index (χ1) is 16.9. The number of hydrogen-bond donors (Lipinski definition) is 3. The molecule has 0 radical (unpaired) electrons. The second kappa shape index (κ2) is 13.5. The van der Waals surface area contributed by atoms with Crippen LogP contribution in [0.5, 0.6) is 0 Å². The first-order valence-electron chi connectivity index (χ1n) is 10.8. The summed E-state index contributed by atoms with van der Waals surface area (Å²) in [5, 5.41) is 10.2. The molecule has 0 aliphatic carbocycles. The molecule has 35 heavy (non-hydrogen) atoms. The van der Waals surface area contributed by atoms with E-state index in [1.165, 1.54) is 0 Å². The van der Waals surface area contributed by atoms with E-state index in [2.05, 4.69) is 15.6 Å². The molecule has 0 unspecified atom stereocenters. The molecule has 5 nitrogen and oxygen atoms in total. The molecule has 0 spiro atoms. The molecule has 4 aromatic rings. The van der Waals surface area contributed by atoms with Crippen molar-refractivity contribution in [1.82, 2.24) is 10.3 Å². The van der Waals surface area contributed by atoms with Crippen LogP contribution < -0.4 is 16.4 Å². The van der Waals surface area contributed by atoms with Crippen LogP contribution in [0.1, 0.15) is 11.1 Å². The Morgan fingerprint density at radius 3 is 2.14 bits per heavy atom. The number of rotatable bonds is 6. The van der Waals surface area contributed by atoms with E-state index in [1.54, 1.807) is 30.6 Å². The topological polar surface area (TPSA) is 80.0 Å². The first kappa shape index (κ1) is 27.1. The van der Waals surface area contributed by atoms with Crippen molar-refractivity contribution in [2.75, 3.05) is 18.4 Å². The molecule has 0 fully saturated rings. The number of halogens is 4. The van der Waals surface area contributed by atoms with Crippen molar-refractivity contribution < 1.29 is 4.79 Å². The highest BCUT2D eigenvalue weighted by Crippen LogP contribution is 2.23. The van der Waals surface area contributed by atoms with Crippen LogP contribution in [0.25, 0.3) is 10.8 Å². The van der Waals surface area contributed by atoms with E-state index >= 15 is 0 Å². The van der Waals surface area contributed by atoms with Crippen LogP contribution in [-0.4, -0.2) is 24.1 Å². The predicted octanol–water partition coefficient (Wildman–Crippen LogP) is 7.40. The predicted molar refractivity (Wildman–Crippen MR) is 148 cm³/mol.